The van der Waals surface area contributed by atoms with E-state index in [-0.39, 0.29) is 6.04 Å². The summed E-state index contributed by atoms with van der Waals surface area (Å²) in [7, 11) is 3.08. The van der Waals surface area contributed by atoms with E-state index in [1.165, 1.54) is 11.9 Å². The van der Waals surface area contributed by atoms with Gasteiger partial charge in [0.2, 0.25) is 0 Å². The molecule has 0 amide bonds. The van der Waals surface area contributed by atoms with Gasteiger partial charge in [0.1, 0.15) is 12.4 Å². The lowest BCUT2D eigenvalue weighted by molar-refractivity contribution is -0.143. The van der Waals surface area contributed by atoms with Crippen LogP contribution in [0.2, 0.25) is 0 Å². The summed E-state index contributed by atoms with van der Waals surface area (Å²) in [6.07, 6.45) is -1.89. The van der Waals surface area contributed by atoms with Gasteiger partial charge in [0, 0.05) is 32.7 Å². The first kappa shape index (κ1) is 22.4. The Kier molecular flexibility index (Phi) is 8.49. The van der Waals surface area contributed by atoms with Gasteiger partial charge in [-0.25, -0.2) is 9.67 Å². The van der Waals surface area contributed by atoms with Crippen LogP contribution in [0.5, 0.6) is 0 Å². The fourth-order valence-electron chi connectivity index (χ4n) is 3.10. The zero-order valence-corrected chi connectivity index (χ0v) is 16.7. The number of ether oxygens (including phenoxy) is 1. The Morgan fingerprint density at radius 1 is 1.43 bits per heavy atom. The second-order valence-corrected chi connectivity index (χ2v) is 6.91. The van der Waals surface area contributed by atoms with Gasteiger partial charge in [-0.3, -0.25) is 9.89 Å². The number of aromatic nitrogens is 3. The van der Waals surface area contributed by atoms with E-state index in [0.717, 1.165) is 18.7 Å². The van der Waals surface area contributed by atoms with Crippen LogP contribution in [-0.2, 0) is 24.3 Å². The lowest BCUT2D eigenvalue weighted by Gasteiger charge is -2.25. The summed E-state index contributed by atoms with van der Waals surface area (Å²) in [5.41, 5.74) is 0. The molecule has 0 aromatic carbocycles. The summed E-state index contributed by atoms with van der Waals surface area (Å²) >= 11 is 0. The molecule has 1 atom stereocenters. The first-order valence-corrected chi connectivity index (χ1v) is 9.52. The molecule has 2 heterocycles. The Morgan fingerprint density at radius 3 is 2.89 bits per heavy atom. The zero-order chi connectivity index (χ0) is 20.6. The third-order valence-electron chi connectivity index (χ3n) is 4.28. The summed E-state index contributed by atoms with van der Waals surface area (Å²) in [5, 5.41) is 11.0. The number of rotatable bonds is 9. The molecule has 160 valence electrons. The molecule has 2 rings (SSSR count). The average molecular weight is 405 g/mol. The van der Waals surface area contributed by atoms with Gasteiger partial charge in [-0.05, 0) is 33.4 Å². The minimum absolute atomic E-state index is 0.162. The molecular weight excluding hydrogens is 375 g/mol. The van der Waals surface area contributed by atoms with Crippen molar-refractivity contribution in [3.63, 3.8) is 0 Å². The van der Waals surface area contributed by atoms with Gasteiger partial charge in [-0.1, -0.05) is 0 Å². The van der Waals surface area contributed by atoms with Crippen LogP contribution in [0.15, 0.2) is 4.99 Å². The van der Waals surface area contributed by atoms with E-state index in [9.17, 15) is 13.2 Å². The van der Waals surface area contributed by atoms with Crippen LogP contribution < -0.4 is 10.6 Å². The maximum absolute atomic E-state index is 12.3. The Bertz CT molecular complexity index is 633. The Morgan fingerprint density at radius 2 is 2.21 bits per heavy atom. The van der Waals surface area contributed by atoms with Crippen molar-refractivity contribution >= 4 is 5.96 Å². The second-order valence-electron chi connectivity index (χ2n) is 6.91. The zero-order valence-electron chi connectivity index (χ0n) is 16.7. The maximum Gasteiger partial charge on any atom is 0.401 e. The third-order valence-corrected chi connectivity index (χ3v) is 4.28. The Balaban J connectivity index is 1.82. The summed E-state index contributed by atoms with van der Waals surface area (Å²) in [6, 6.07) is 0.162. The van der Waals surface area contributed by atoms with E-state index < -0.39 is 12.7 Å². The predicted molar refractivity (Wildman–Crippen MR) is 100 cm³/mol. The van der Waals surface area contributed by atoms with E-state index in [1.54, 1.807) is 7.11 Å². The lowest BCUT2D eigenvalue weighted by atomic mass is 10.1. The number of aryl methyl sites for hydroxylation is 1. The van der Waals surface area contributed by atoms with E-state index in [4.69, 9.17) is 4.74 Å². The maximum atomic E-state index is 12.3. The number of aliphatic imine (C=N–C) groups is 1. The van der Waals surface area contributed by atoms with Crippen molar-refractivity contribution < 1.29 is 17.9 Å². The first-order chi connectivity index (χ1) is 13.3. The summed E-state index contributed by atoms with van der Waals surface area (Å²) in [5.74, 6) is 2.31. The van der Waals surface area contributed by atoms with Crippen LogP contribution in [0.3, 0.4) is 0 Å². The number of nitrogens with zero attached hydrogens (tertiary/aromatic N) is 5. The molecule has 8 nitrogen and oxygen atoms in total. The monoisotopic (exact) mass is 405 g/mol. The van der Waals surface area contributed by atoms with Gasteiger partial charge in [-0.15, -0.1) is 0 Å². The van der Waals surface area contributed by atoms with Gasteiger partial charge < -0.3 is 15.4 Å². The molecule has 1 unspecified atom stereocenters. The molecule has 0 spiro atoms. The molecule has 1 aliphatic rings. The van der Waals surface area contributed by atoms with Crippen LogP contribution in [0, 0.1) is 0 Å². The molecule has 11 heteroatoms. The third kappa shape index (κ3) is 7.63. The highest BCUT2D eigenvalue weighted by molar-refractivity contribution is 5.80. The van der Waals surface area contributed by atoms with E-state index in [1.807, 2.05) is 11.6 Å². The van der Waals surface area contributed by atoms with Crippen LogP contribution in [0.1, 0.15) is 31.4 Å². The molecule has 1 aromatic rings. The highest BCUT2D eigenvalue weighted by atomic mass is 19.4. The van der Waals surface area contributed by atoms with Crippen LogP contribution in [0.25, 0.3) is 0 Å². The van der Waals surface area contributed by atoms with Crippen LogP contribution >= 0.6 is 0 Å². The largest absolute Gasteiger partial charge is 0.401 e. The predicted octanol–water partition coefficient (Wildman–Crippen LogP) is 1.18. The topological polar surface area (TPSA) is 79.6 Å². The van der Waals surface area contributed by atoms with Gasteiger partial charge >= 0.3 is 6.18 Å². The van der Waals surface area contributed by atoms with Gasteiger partial charge in [0.25, 0.3) is 0 Å². The summed E-state index contributed by atoms with van der Waals surface area (Å²) in [4.78, 5) is 10.2. The van der Waals surface area contributed by atoms with E-state index in [0.29, 0.717) is 51.0 Å². The minimum atomic E-state index is -4.17. The fraction of sp³-hybridized carbons (Fsp3) is 0.824. The Labute approximate surface area is 163 Å². The molecule has 1 aromatic heterocycles. The van der Waals surface area contributed by atoms with Gasteiger partial charge in [0.05, 0.1) is 13.1 Å². The molecule has 0 saturated heterocycles. The fourth-order valence-corrected chi connectivity index (χ4v) is 3.10. The van der Waals surface area contributed by atoms with Gasteiger partial charge in [-0.2, -0.15) is 18.3 Å². The smallest absolute Gasteiger partial charge is 0.377 e. The molecule has 2 N–H and O–H groups in total. The number of hydrogen-bond acceptors (Lipinski definition) is 5. The highest BCUT2D eigenvalue weighted by Crippen LogP contribution is 2.15. The number of fused-ring (bicyclic) bond motifs is 1. The first-order valence-electron chi connectivity index (χ1n) is 9.52. The normalized spacial score (nSPS) is 17.7. The molecule has 1 aliphatic heterocycles. The van der Waals surface area contributed by atoms with Crippen LogP contribution in [0.4, 0.5) is 13.2 Å². The molecule has 0 saturated carbocycles. The van der Waals surface area contributed by atoms with Gasteiger partial charge in [0.15, 0.2) is 11.8 Å². The number of alkyl halides is 3. The van der Waals surface area contributed by atoms with Crippen molar-refractivity contribution in [1.29, 1.82) is 0 Å². The molecule has 0 aliphatic carbocycles. The van der Waals surface area contributed by atoms with E-state index in [2.05, 4.69) is 25.7 Å². The van der Waals surface area contributed by atoms with Crippen LogP contribution in [-0.4, -0.2) is 78.2 Å². The standard InChI is InChI=1S/C17H30F3N7O/c1-4-21-16(22-8-5-9-26(2)12-17(18,19)20)23-13-6-7-15-24-14(11-28-3)25-27(15)10-13/h13H,4-12H2,1-3H3,(H2,21,22,23). The quantitative estimate of drug-likeness (QED) is 0.365. The van der Waals surface area contributed by atoms with Crippen molar-refractivity contribution in [1.82, 2.24) is 30.3 Å². The Hall–Kier alpha value is -1.88. The number of halogens is 3. The molecule has 0 bridgehead atoms. The average Bonchev–Trinajstić information content (AvgIpc) is 2.99. The van der Waals surface area contributed by atoms with Crippen molar-refractivity contribution in [2.75, 3.05) is 40.3 Å². The number of hydrogen-bond donors (Lipinski definition) is 2. The van der Waals surface area contributed by atoms with Crippen molar-refractivity contribution in [3.05, 3.63) is 11.6 Å². The highest BCUT2D eigenvalue weighted by Gasteiger charge is 2.28. The summed E-state index contributed by atoms with van der Waals surface area (Å²) in [6.45, 7) is 3.66. The minimum Gasteiger partial charge on any atom is -0.377 e. The van der Waals surface area contributed by atoms with Crippen molar-refractivity contribution in [3.8, 4) is 0 Å². The molecule has 0 radical (unpaired) electrons. The van der Waals surface area contributed by atoms with Crippen molar-refractivity contribution in [2.24, 2.45) is 4.99 Å². The molecule has 28 heavy (non-hydrogen) atoms. The lowest BCUT2D eigenvalue weighted by Crippen LogP contribution is -2.47. The number of methoxy groups -OCH3 is 1. The summed E-state index contributed by atoms with van der Waals surface area (Å²) < 4.78 is 44.0. The van der Waals surface area contributed by atoms with Crippen molar-refractivity contribution in [2.45, 2.75) is 51.6 Å². The second kappa shape index (κ2) is 10.6. The number of guanidine groups is 1. The SMILES string of the molecule is CCNC(=NCCCN(C)CC(F)(F)F)NC1CCc2nc(COC)nn2C1. The molecule has 0 fully saturated rings. The van der Waals surface area contributed by atoms with E-state index >= 15 is 0 Å². The number of nitrogens with one attached hydrogen (secondary N) is 2. The molecular formula is C17H30F3N7O.